The molecular formula is C46H51NO14. The van der Waals surface area contributed by atoms with E-state index in [1.165, 1.54) is 39.8 Å². The molecule has 2 aliphatic carbocycles. The molecule has 6 rings (SSSR count). The van der Waals surface area contributed by atoms with Crippen molar-refractivity contribution in [3.05, 3.63) is 119 Å². The summed E-state index contributed by atoms with van der Waals surface area (Å²) in [5.41, 5.74) is -5.30. The summed E-state index contributed by atoms with van der Waals surface area (Å²) in [6, 6.07) is 22.8. The lowest BCUT2D eigenvalue weighted by molar-refractivity contribution is -0.330. The second-order valence-electron chi connectivity index (χ2n) is 16.5. The van der Waals surface area contributed by atoms with E-state index >= 15 is 4.79 Å². The van der Waals surface area contributed by atoms with Crippen LogP contribution in [0.15, 0.2) is 102 Å². The van der Waals surface area contributed by atoms with Gasteiger partial charge in [0.25, 0.3) is 5.91 Å². The highest BCUT2D eigenvalue weighted by molar-refractivity contribution is 5.96. The number of esters is 4. The molecule has 3 aliphatic rings. The summed E-state index contributed by atoms with van der Waals surface area (Å²) in [6.45, 7) is 7.38. The van der Waals surface area contributed by atoms with Crippen LogP contribution in [0.1, 0.15) is 86.7 Å². The smallest absolute Gasteiger partial charge is 0.338 e. The fraction of sp³-hybridized carbons (Fsp3) is 0.435. The van der Waals surface area contributed by atoms with Crippen molar-refractivity contribution >= 4 is 35.6 Å². The molecule has 3 aromatic rings. The van der Waals surface area contributed by atoms with E-state index in [1.54, 1.807) is 78.9 Å². The number of hydrogen-bond donors (Lipinski definition) is 4. The second kappa shape index (κ2) is 17.7. The number of carbonyl (C=O) groups is 6. The number of aliphatic hydroxyl groups is 3. The highest BCUT2D eigenvalue weighted by Crippen LogP contribution is 2.58. The Hall–Kier alpha value is -5.74. The molecule has 15 nitrogen and oxygen atoms in total. The minimum atomic E-state index is -2.07. The molecule has 10 atom stereocenters. The number of aliphatic hydroxyl groups excluding tert-OH is 2. The standard InChI is InChI=1S/C46H51NO14/c1-25-31(59-43(55)37(51)36(28-16-10-7-11-17-28)47-41(53)29-18-12-8-13-19-29)22-32(60-42(54)30-20-14-9-15-21-30)39-45(6,33(50)23-34-46(39,24-57-34)61-27(3)49)40(52)38(58-26(2)48)35(25)44(4,5)56/h7-21,31-34,36-39,50-51,56H,22-24H2,1-6H3,(H,47,53)/b35-25-/t31-,32+,33-,34+,36-,37+,38+,39-,45+,46-/m0/s1. The van der Waals surface area contributed by atoms with Gasteiger partial charge in [0, 0.05) is 37.8 Å². The van der Waals surface area contributed by atoms with Gasteiger partial charge in [-0.1, -0.05) is 66.7 Å². The molecule has 0 radical (unpaired) electrons. The van der Waals surface area contributed by atoms with Gasteiger partial charge in [-0.25, -0.2) is 9.59 Å². The number of fused-ring (bicyclic) bond motifs is 3. The third kappa shape index (κ3) is 8.87. The van der Waals surface area contributed by atoms with Gasteiger partial charge in [-0.2, -0.15) is 0 Å². The molecule has 0 aromatic heterocycles. The van der Waals surface area contributed by atoms with Crippen molar-refractivity contribution in [2.24, 2.45) is 11.3 Å². The van der Waals surface area contributed by atoms with Gasteiger partial charge < -0.3 is 44.3 Å². The maximum Gasteiger partial charge on any atom is 0.338 e. The molecule has 15 heteroatoms. The minimum Gasteiger partial charge on any atom is -0.458 e. The minimum absolute atomic E-state index is 0.0160. The molecule has 0 spiro atoms. The summed E-state index contributed by atoms with van der Waals surface area (Å²) in [6.07, 6.45) is -10.4. The number of amides is 1. The average molecular weight is 842 g/mol. The summed E-state index contributed by atoms with van der Waals surface area (Å²) < 4.78 is 30.0. The quantitative estimate of drug-likeness (QED) is 0.123. The Kier molecular flexibility index (Phi) is 13.0. The van der Waals surface area contributed by atoms with E-state index in [4.69, 9.17) is 23.7 Å². The molecule has 1 saturated carbocycles. The average Bonchev–Trinajstić information content (AvgIpc) is 3.24. The van der Waals surface area contributed by atoms with Crippen LogP contribution in [0.5, 0.6) is 0 Å². The van der Waals surface area contributed by atoms with E-state index in [0.717, 1.165) is 13.8 Å². The largest absolute Gasteiger partial charge is 0.458 e. The first kappa shape index (κ1) is 44.8. The van der Waals surface area contributed by atoms with Crippen molar-refractivity contribution < 1.29 is 67.8 Å². The third-order valence-corrected chi connectivity index (χ3v) is 12.0. The summed E-state index contributed by atoms with van der Waals surface area (Å²) in [7, 11) is 0. The third-order valence-electron chi connectivity index (χ3n) is 12.0. The molecule has 0 bridgehead atoms. The first-order valence-corrected chi connectivity index (χ1v) is 20.0. The summed E-state index contributed by atoms with van der Waals surface area (Å²) in [5.74, 6) is -6.84. The number of Topliss-reactive ketones (excluding diaryl/α,β-unsaturated/α-hetero) is 1. The van der Waals surface area contributed by atoms with Crippen LogP contribution in [0.3, 0.4) is 0 Å². The molecular weight excluding hydrogens is 790 g/mol. The topological polar surface area (TPSA) is 221 Å². The van der Waals surface area contributed by atoms with Crippen molar-refractivity contribution in [1.82, 2.24) is 5.32 Å². The van der Waals surface area contributed by atoms with Gasteiger partial charge in [0.15, 0.2) is 23.6 Å². The van der Waals surface area contributed by atoms with E-state index in [0.29, 0.717) is 5.56 Å². The number of carbonyl (C=O) groups excluding carboxylic acids is 6. The lowest BCUT2D eigenvalue weighted by atomic mass is 9.52. The van der Waals surface area contributed by atoms with Crippen molar-refractivity contribution in [2.45, 2.75) is 108 Å². The maximum absolute atomic E-state index is 15.4. The van der Waals surface area contributed by atoms with E-state index in [1.807, 2.05) is 0 Å². The van der Waals surface area contributed by atoms with Crippen LogP contribution >= 0.6 is 0 Å². The summed E-state index contributed by atoms with van der Waals surface area (Å²) >= 11 is 0. The maximum atomic E-state index is 15.4. The van der Waals surface area contributed by atoms with Crippen LogP contribution in [0.2, 0.25) is 0 Å². The van der Waals surface area contributed by atoms with Crippen molar-refractivity contribution in [3.8, 4) is 0 Å². The number of ketones is 1. The number of ether oxygens (including phenoxy) is 5. The molecule has 4 N–H and O–H groups in total. The highest BCUT2D eigenvalue weighted by atomic mass is 16.6. The van der Waals surface area contributed by atoms with E-state index in [2.05, 4.69) is 5.32 Å². The molecule has 0 unspecified atom stereocenters. The van der Waals surface area contributed by atoms with Gasteiger partial charge in [0.05, 0.1) is 41.3 Å². The Morgan fingerprint density at radius 2 is 1.41 bits per heavy atom. The second-order valence-corrected chi connectivity index (χ2v) is 16.5. The molecule has 1 aliphatic heterocycles. The van der Waals surface area contributed by atoms with Gasteiger partial charge in [0.2, 0.25) is 0 Å². The Morgan fingerprint density at radius 1 is 0.836 bits per heavy atom. The fourth-order valence-corrected chi connectivity index (χ4v) is 9.13. The van der Waals surface area contributed by atoms with E-state index in [9.17, 15) is 39.3 Å². The van der Waals surface area contributed by atoms with Gasteiger partial charge in [0.1, 0.15) is 18.3 Å². The lowest BCUT2D eigenvalue weighted by Crippen LogP contribution is -2.77. The Morgan fingerprint density at radius 3 is 1.93 bits per heavy atom. The lowest BCUT2D eigenvalue weighted by Gasteiger charge is -2.63. The number of rotatable bonds is 11. The van der Waals surface area contributed by atoms with Crippen molar-refractivity contribution in [2.75, 3.05) is 6.61 Å². The van der Waals surface area contributed by atoms with Gasteiger partial charge in [-0.15, -0.1) is 0 Å². The molecule has 324 valence electrons. The molecule has 1 heterocycles. The van der Waals surface area contributed by atoms with Crippen LogP contribution < -0.4 is 5.32 Å². The SMILES string of the molecule is CC(=O)O[C@H]1C(=O)[C@@]2(C)[C@H]([C@H](OC(=O)c3ccccc3)C[C@H](OC(=O)[C@H](O)[C@@H](NC(=O)c3ccccc3)c3ccccc3)/C(C)=C/1C(C)(C)O)[C@]1(OC(C)=O)CO[C@@H]1C[C@@H]2O. The summed E-state index contributed by atoms with van der Waals surface area (Å²) in [4.78, 5) is 83.1. The predicted molar refractivity (Wildman–Crippen MR) is 215 cm³/mol. The van der Waals surface area contributed by atoms with Gasteiger partial charge in [-0.3, -0.25) is 19.2 Å². The zero-order chi connectivity index (χ0) is 44.4. The van der Waals surface area contributed by atoms with Gasteiger partial charge >= 0.3 is 23.9 Å². The summed E-state index contributed by atoms with van der Waals surface area (Å²) in [5, 5.41) is 38.4. The van der Waals surface area contributed by atoms with Crippen LogP contribution in [0.4, 0.5) is 0 Å². The molecule has 1 amide bonds. The number of nitrogens with one attached hydrogen (secondary N) is 1. The molecule has 3 aromatic carbocycles. The number of benzene rings is 3. The van der Waals surface area contributed by atoms with E-state index in [-0.39, 0.29) is 35.3 Å². The van der Waals surface area contributed by atoms with Crippen molar-refractivity contribution in [1.29, 1.82) is 0 Å². The van der Waals surface area contributed by atoms with Crippen LogP contribution in [0.25, 0.3) is 0 Å². The van der Waals surface area contributed by atoms with Crippen LogP contribution in [-0.2, 0) is 42.9 Å². The van der Waals surface area contributed by atoms with E-state index < -0.39 is 107 Å². The zero-order valence-corrected chi connectivity index (χ0v) is 34.7. The Bertz CT molecular complexity index is 2170. The highest BCUT2D eigenvalue weighted by Gasteiger charge is 2.73. The molecule has 2 fully saturated rings. The molecule has 1 saturated heterocycles. The first-order chi connectivity index (χ1) is 28.8. The normalized spacial score (nSPS) is 29.6. The Labute approximate surface area is 353 Å². The fourth-order valence-electron chi connectivity index (χ4n) is 9.13. The van der Waals surface area contributed by atoms with Crippen molar-refractivity contribution in [3.63, 3.8) is 0 Å². The van der Waals surface area contributed by atoms with Crippen LogP contribution in [-0.4, -0.2) is 105 Å². The zero-order valence-electron chi connectivity index (χ0n) is 34.7. The molecule has 61 heavy (non-hydrogen) atoms. The first-order valence-electron chi connectivity index (χ1n) is 20.0. The monoisotopic (exact) mass is 841 g/mol. The van der Waals surface area contributed by atoms with Crippen LogP contribution in [0, 0.1) is 11.3 Å². The Balaban J connectivity index is 1.53. The van der Waals surface area contributed by atoms with Gasteiger partial charge in [-0.05, 0) is 63.1 Å². The number of hydrogen-bond acceptors (Lipinski definition) is 14. The predicted octanol–water partition coefficient (Wildman–Crippen LogP) is 3.74.